The maximum absolute atomic E-state index is 11.6. The van der Waals surface area contributed by atoms with Crippen molar-refractivity contribution in [3.05, 3.63) is 37.2 Å². The first-order valence-electron chi connectivity index (χ1n) is 4.64. The molecule has 0 aliphatic carbocycles. The van der Waals surface area contributed by atoms with Crippen LogP contribution in [0.4, 0.5) is 5.69 Å². The second kappa shape index (κ2) is 3.62. The highest BCUT2D eigenvalue weighted by molar-refractivity contribution is 5.95. The van der Waals surface area contributed by atoms with Crippen LogP contribution in [0.2, 0.25) is 0 Å². The van der Waals surface area contributed by atoms with E-state index in [4.69, 9.17) is 0 Å². The lowest BCUT2D eigenvalue weighted by Crippen LogP contribution is -2.24. The second-order valence-corrected chi connectivity index (χ2v) is 3.42. The number of pyridine rings is 1. The van der Waals surface area contributed by atoms with Crippen molar-refractivity contribution in [1.29, 1.82) is 0 Å². The van der Waals surface area contributed by atoms with Crippen molar-refractivity contribution >= 4 is 11.6 Å². The molecule has 1 aromatic rings. The molecule has 1 aliphatic rings. The SMILES string of the molecule is C=CC1CC(=O)N(c2cccnc2)C1. The van der Waals surface area contributed by atoms with Crippen LogP contribution in [0.15, 0.2) is 37.2 Å². The molecule has 72 valence electrons. The highest BCUT2D eigenvalue weighted by Gasteiger charge is 2.28. The van der Waals surface area contributed by atoms with Gasteiger partial charge in [-0.25, -0.2) is 0 Å². The van der Waals surface area contributed by atoms with Gasteiger partial charge in [0.05, 0.1) is 11.9 Å². The van der Waals surface area contributed by atoms with Gasteiger partial charge in [0, 0.05) is 25.1 Å². The normalized spacial score (nSPS) is 21.3. The van der Waals surface area contributed by atoms with Crippen LogP contribution in [0.5, 0.6) is 0 Å². The lowest BCUT2D eigenvalue weighted by atomic mass is 10.1. The van der Waals surface area contributed by atoms with E-state index in [-0.39, 0.29) is 11.8 Å². The van der Waals surface area contributed by atoms with Gasteiger partial charge in [-0.3, -0.25) is 9.78 Å². The van der Waals surface area contributed by atoms with Crippen LogP contribution in [0.1, 0.15) is 6.42 Å². The fourth-order valence-corrected chi connectivity index (χ4v) is 1.66. The third-order valence-electron chi connectivity index (χ3n) is 2.45. The minimum Gasteiger partial charge on any atom is -0.310 e. The van der Waals surface area contributed by atoms with Gasteiger partial charge in [0.2, 0.25) is 5.91 Å². The van der Waals surface area contributed by atoms with E-state index in [9.17, 15) is 4.79 Å². The van der Waals surface area contributed by atoms with Gasteiger partial charge in [0.15, 0.2) is 0 Å². The summed E-state index contributed by atoms with van der Waals surface area (Å²) in [5.74, 6) is 0.436. The summed E-state index contributed by atoms with van der Waals surface area (Å²) in [7, 11) is 0. The zero-order valence-electron chi connectivity index (χ0n) is 7.89. The van der Waals surface area contributed by atoms with E-state index >= 15 is 0 Å². The summed E-state index contributed by atoms with van der Waals surface area (Å²) in [6.45, 7) is 4.44. The van der Waals surface area contributed by atoms with Crippen molar-refractivity contribution in [2.24, 2.45) is 5.92 Å². The average molecular weight is 188 g/mol. The van der Waals surface area contributed by atoms with Crippen LogP contribution in [-0.4, -0.2) is 17.4 Å². The molecular formula is C11H12N2O. The smallest absolute Gasteiger partial charge is 0.227 e. The van der Waals surface area contributed by atoms with E-state index in [0.29, 0.717) is 6.42 Å². The molecule has 2 heterocycles. The Kier molecular flexibility index (Phi) is 2.31. The summed E-state index contributed by atoms with van der Waals surface area (Å²) >= 11 is 0. The monoisotopic (exact) mass is 188 g/mol. The largest absolute Gasteiger partial charge is 0.310 e. The Labute approximate surface area is 83.1 Å². The number of anilines is 1. The van der Waals surface area contributed by atoms with Crippen LogP contribution in [-0.2, 0) is 4.79 Å². The van der Waals surface area contributed by atoms with E-state index in [1.165, 1.54) is 0 Å². The Bertz CT molecular complexity index is 348. The van der Waals surface area contributed by atoms with Crippen LogP contribution in [0.25, 0.3) is 0 Å². The number of hydrogen-bond donors (Lipinski definition) is 0. The third kappa shape index (κ3) is 1.53. The van der Waals surface area contributed by atoms with Crippen molar-refractivity contribution < 1.29 is 4.79 Å². The molecule has 14 heavy (non-hydrogen) atoms. The topological polar surface area (TPSA) is 33.2 Å². The van der Waals surface area contributed by atoms with E-state index in [1.54, 1.807) is 17.3 Å². The molecule has 0 bridgehead atoms. The fourth-order valence-electron chi connectivity index (χ4n) is 1.66. The number of amides is 1. The Balaban J connectivity index is 2.21. The summed E-state index contributed by atoms with van der Waals surface area (Å²) in [5.41, 5.74) is 0.877. The Morgan fingerprint density at radius 3 is 3.07 bits per heavy atom. The van der Waals surface area contributed by atoms with Gasteiger partial charge >= 0.3 is 0 Å². The standard InChI is InChI=1S/C11H12N2O/c1-2-9-6-11(14)13(8-9)10-4-3-5-12-7-10/h2-5,7,9H,1,6,8H2. The zero-order chi connectivity index (χ0) is 9.97. The molecule has 1 aliphatic heterocycles. The first kappa shape index (κ1) is 8.94. The van der Waals surface area contributed by atoms with Crippen LogP contribution in [0, 0.1) is 5.92 Å². The second-order valence-electron chi connectivity index (χ2n) is 3.42. The fraction of sp³-hybridized carbons (Fsp3) is 0.273. The number of rotatable bonds is 2. The Morgan fingerprint density at radius 1 is 1.64 bits per heavy atom. The van der Waals surface area contributed by atoms with Gasteiger partial charge in [0.25, 0.3) is 0 Å². The van der Waals surface area contributed by atoms with Crippen LogP contribution < -0.4 is 4.90 Å². The number of carbonyl (C=O) groups is 1. The maximum atomic E-state index is 11.6. The Morgan fingerprint density at radius 2 is 2.50 bits per heavy atom. The summed E-state index contributed by atoms with van der Waals surface area (Å²) in [4.78, 5) is 17.4. The van der Waals surface area contributed by atoms with E-state index < -0.39 is 0 Å². The highest BCUT2D eigenvalue weighted by Crippen LogP contribution is 2.24. The van der Waals surface area contributed by atoms with Crippen molar-refractivity contribution in [1.82, 2.24) is 4.98 Å². The molecular weight excluding hydrogens is 176 g/mol. The Hall–Kier alpha value is -1.64. The molecule has 3 nitrogen and oxygen atoms in total. The summed E-state index contributed by atoms with van der Waals surface area (Å²) in [5, 5.41) is 0. The number of nitrogens with zero attached hydrogens (tertiary/aromatic N) is 2. The molecule has 0 radical (unpaired) electrons. The molecule has 1 amide bonds. The van der Waals surface area contributed by atoms with E-state index in [1.807, 2.05) is 18.2 Å². The lowest BCUT2D eigenvalue weighted by Gasteiger charge is -2.14. The van der Waals surface area contributed by atoms with Crippen molar-refractivity contribution in [2.45, 2.75) is 6.42 Å². The highest BCUT2D eigenvalue weighted by atomic mass is 16.2. The maximum Gasteiger partial charge on any atom is 0.227 e. The van der Waals surface area contributed by atoms with Gasteiger partial charge in [-0.05, 0) is 12.1 Å². The molecule has 1 unspecified atom stereocenters. The first-order valence-corrected chi connectivity index (χ1v) is 4.64. The lowest BCUT2D eigenvalue weighted by molar-refractivity contribution is -0.117. The van der Waals surface area contributed by atoms with Gasteiger partial charge in [-0.15, -0.1) is 6.58 Å². The minimum absolute atomic E-state index is 0.155. The van der Waals surface area contributed by atoms with Gasteiger partial charge in [-0.1, -0.05) is 6.08 Å². The van der Waals surface area contributed by atoms with Crippen LogP contribution >= 0.6 is 0 Å². The molecule has 0 spiro atoms. The number of hydrogen-bond acceptors (Lipinski definition) is 2. The minimum atomic E-state index is 0.155. The molecule has 1 atom stereocenters. The van der Waals surface area contributed by atoms with Gasteiger partial charge < -0.3 is 4.90 Å². The van der Waals surface area contributed by atoms with Crippen LogP contribution in [0.3, 0.4) is 0 Å². The molecule has 3 heteroatoms. The van der Waals surface area contributed by atoms with E-state index in [2.05, 4.69) is 11.6 Å². The number of carbonyl (C=O) groups excluding carboxylic acids is 1. The summed E-state index contributed by atoms with van der Waals surface area (Å²) in [6, 6.07) is 3.74. The zero-order valence-corrected chi connectivity index (χ0v) is 7.89. The third-order valence-corrected chi connectivity index (χ3v) is 2.45. The molecule has 1 fully saturated rings. The molecule has 1 aromatic heterocycles. The molecule has 0 N–H and O–H groups in total. The van der Waals surface area contributed by atoms with Crippen molar-refractivity contribution in [3.63, 3.8) is 0 Å². The first-order chi connectivity index (χ1) is 6.81. The predicted molar refractivity (Wildman–Crippen MR) is 54.9 cm³/mol. The van der Waals surface area contributed by atoms with E-state index in [0.717, 1.165) is 12.2 Å². The predicted octanol–water partition coefficient (Wildman–Crippen LogP) is 1.62. The molecule has 0 aromatic carbocycles. The summed E-state index contributed by atoms with van der Waals surface area (Å²) in [6.07, 6.45) is 5.82. The molecule has 1 saturated heterocycles. The summed E-state index contributed by atoms with van der Waals surface area (Å²) < 4.78 is 0. The molecule has 0 saturated carbocycles. The molecule has 2 rings (SSSR count). The quantitative estimate of drug-likeness (QED) is 0.661. The van der Waals surface area contributed by atoms with Crippen molar-refractivity contribution in [3.8, 4) is 0 Å². The van der Waals surface area contributed by atoms with Gasteiger partial charge in [-0.2, -0.15) is 0 Å². The van der Waals surface area contributed by atoms with Crippen molar-refractivity contribution in [2.75, 3.05) is 11.4 Å². The average Bonchev–Trinajstić information content (AvgIpc) is 2.61. The number of aromatic nitrogens is 1. The van der Waals surface area contributed by atoms with Gasteiger partial charge in [0.1, 0.15) is 0 Å².